The molecule has 0 unspecified atom stereocenters. The van der Waals surface area contributed by atoms with Crippen molar-refractivity contribution in [3.05, 3.63) is 54.4 Å². The topological polar surface area (TPSA) is 64.0 Å². The molecule has 0 radical (unpaired) electrons. The summed E-state index contributed by atoms with van der Waals surface area (Å²) in [7, 11) is -1.87. The van der Waals surface area contributed by atoms with Crippen LogP contribution in [-0.2, 0) is 17.1 Å². The Hall–Kier alpha value is -2.34. The second-order valence-electron chi connectivity index (χ2n) is 4.92. The molecule has 108 valence electrons. The highest BCUT2D eigenvalue weighted by Crippen LogP contribution is 2.22. The molecule has 0 spiro atoms. The van der Waals surface area contributed by atoms with E-state index in [1.807, 2.05) is 24.3 Å². The molecule has 0 atom stereocenters. The molecule has 0 amide bonds. The lowest BCUT2D eigenvalue weighted by molar-refractivity contribution is 0.601. The molecule has 1 N–H and O–H groups in total. The first-order valence-corrected chi connectivity index (χ1v) is 7.96. The SMILES string of the molecule is Cc1nn(C)cc1NS(=O)(=O)c1ccc2ccccc2c1. The largest absolute Gasteiger partial charge is 0.276 e. The van der Waals surface area contributed by atoms with Crippen LogP contribution in [0.15, 0.2) is 53.6 Å². The maximum atomic E-state index is 12.5. The molecular weight excluding hydrogens is 286 g/mol. The molecule has 3 aromatic rings. The highest BCUT2D eigenvalue weighted by atomic mass is 32.2. The van der Waals surface area contributed by atoms with Gasteiger partial charge in [-0.15, -0.1) is 0 Å². The van der Waals surface area contributed by atoms with Gasteiger partial charge < -0.3 is 0 Å². The van der Waals surface area contributed by atoms with Gasteiger partial charge in [-0.3, -0.25) is 9.40 Å². The predicted octanol–water partition coefficient (Wildman–Crippen LogP) is 2.68. The van der Waals surface area contributed by atoms with Crippen LogP contribution in [0, 0.1) is 6.92 Å². The summed E-state index contributed by atoms with van der Waals surface area (Å²) in [6, 6.07) is 12.7. The minimum atomic E-state index is -3.62. The number of hydrogen-bond donors (Lipinski definition) is 1. The van der Waals surface area contributed by atoms with E-state index in [2.05, 4.69) is 9.82 Å². The fourth-order valence-electron chi connectivity index (χ4n) is 2.24. The van der Waals surface area contributed by atoms with Gasteiger partial charge in [-0.25, -0.2) is 8.42 Å². The maximum Gasteiger partial charge on any atom is 0.262 e. The molecule has 1 heterocycles. The first-order valence-electron chi connectivity index (χ1n) is 6.47. The molecule has 3 rings (SSSR count). The Labute approximate surface area is 123 Å². The standard InChI is InChI=1S/C15H15N3O2S/c1-11-15(10-18(2)16-11)17-21(19,20)14-8-7-12-5-3-4-6-13(12)9-14/h3-10,17H,1-2H3. The van der Waals surface area contributed by atoms with E-state index in [1.54, 1.807) is 43.0 Å². The predicted molar refractivity (Wildman–Crippen MR) is 82.7 cm³/mol. The number of nitrogens with one attached hydrogen (secondary N) is 1. The molecule has 5 nitrogen and oxygen atoms in total. The number of sulfonamides is 1. The average molecular weight is 301 g/mol. The van der Waals surface area contributed by atoms with Gasteiger partial charge in [0, 0.05) is 13.2 Å². The van der Waals surface area contributed by atoms with Gasteiger partial charge in [0.15, 0.2) is 0 Å². The number of aryl methyl sites for hydroxylation is 2. The fourth-order valence-corrected chi connectivity index (χ4v) is 3.38. The van der Waals surface area contributed by atoms with E-state index >= 15 is 0 Å². The lowest BCUT2D eigenvalue weighted by Gasteiger charge is -2.08. The molecule has 21 heavy (non-hydrogen) atoms. The van der Waals surface area contributed by atoms with Gasteiger partial charge in [-0.1, -0.05) is 30.3 Å². The summed E-state index contributed by atoms with van der Waals surface area (Å²) in [5.41, 5.74) is 1.13. The van der Waals surface area contributed by atoms with Crippen molar-refractivity contribution in [2.24, 2.45) is 7.05 Å². The average Bonchev–Trinajstić information content (AvgIpc) is 2.75. The molecule has 0 fully saturated rings. The molecular formula is C15H15N3O2S. The van der Waals surface area contributed by atoms with Crippen molar-refractivity contribution >= 4 is 26.5 Å². The second kappa shape index (κ2) is 4.89. The van der Waals surface area contributed by atoms with Crippen LogP contribution in [0.2, 0.25) is 0 Å². The summed E-state index contributed by atoms with van der Waals surface area (Å²) < 4.78 is 29.1. The fraction of sp³-hybridized carbons (Fsp3) is 0.133. The van der Waals surface area contributed by atoms with Crippen LogP contribution in [0.1, 0.15) is 5.69 Å². The van der Waals surface area contributed by atoms with Gasteiger partial charge >= 0.3 is 0 Å². The van der Waals surface area contributed by atoms with Crippen molar-refractivity contribution in [3.63, 3.8) is 0 Å². The highest BCUT2D eigenvalue weighted by Gasteiger charge is 2.17. The van der Waals surface area contributed by atoms with Crippen molar-refractivity contribution in [2.75, 3.05) is 4.72 Å². The molecule has 0 aliphatic rings. The Morgan fingerprint density at radius 1 is 1.10 bits per heavy atom. The van der Waals surface area contributed by atoms with Crippen molar-refractivity contribution in [1.29, 1.82) is 0 Å². The van der Waals surface area contributed by atoms with Crippen molar-refractivity contribution in [1.82, 2.24) is 9.78 Å². The van der Waals surface area contributed by atoms with E-state index in [9.17, 15) is 8.42 Å². The Balaban J connectivity index is 2.01. The number of benzene rings is 2. The first kappa shape index (κ1) is 13.6. The van der Waals surface area contributed by atoms with Gasteiger partial charge in [0.1, 0.15) is 0 Å². The summed E-state index contributed by atoms with van der Waals surface area (Å²) in [6.45, 7) is 1.76. The van der Waals surface area contributed by atoms with E-state index in [1.165, 1.54) is 0 Å². The molecule has 0 saturated heterocycles. The number of aromatic nitrogens is 2. The van der Waals surface area contributed by atoms with Gasteiger partial charge in [-0.2, -0.15) is 5.10 Å². The molecule has 2 aromatic carbocycles. The van der Waals surface area contributed by atoms with E-state index in [-0.39, 0.29) is 4.90 Å². The lowest BCUT2D eigenvalue weighted by Crippen LogP contribution is -2.13. The van der Waals surface area contributed by atoms with Crippen LogP contribution in [0.5, 0.6) is 0 Å². The van der Waals surface area contributed by atoms with E-state index in [0.717, 1.165) is 10.8 Å². The normalized spacial score (nSPS) is 11.7. The van der Waals surface area contributed by atoms with E-state index in [0.29, 0.717) is 11.4 Å². The summed E-state index contributed by atoms with van der Waals surface area (Å²) in [5, 5.41) is 6.03. The quantitative estimate of drug-likeness (QED) is 0.809. The summed E-state index contributed by atoms with van der Waals surface area (Å²) in [6.07, 6.45) is 1.65. The Morgan fingerprint density at radius 2 is 1.81 bits per heavy atom. The van der Waals surface area contributed by atoms with Crippen LogP contribution in [0.4, 0.5) is 5.69 Å². The zero-order valence-electron chi connectivity index (χ0n) is 11.7. The van der Waals surface area contributed by atoms with Gasteiger partial charge in [0.2, 0.25) is 0 Å². The van der Waals surface area contributed by atoms with Crippen molar-refractivity contribution in [2.45, 2.75) is 11.8 Å². The van der Waals surface area contributed by atoms with Gasteiger partial charge in [0.25, 0.3) is 10.0 Å². The number of rotatable bonds is 3. The number of hydrogen-bond acceptors (Lipinski definition) is 3. The Bertz CT molecular complexity index is 914. The summed E-state index contributed by atoms with van der Waals surface area (Å²) in [4.78, 5) is 0.240. The zero-order chi connectivity index (χ0) is 15.0. The van der Waals surface area contributed by atoms with Crippen LogP contribution in [0.3, 0.4) is 0 Å². The Morgan fingerprint density at radius 3 is 2.48 bits per heavy atom. The molecule has 6 heteroatoms. The lowest BCUT2D eigenvalue weighted by atomic mass is 10.1. The van der Waals surface area contributed by atoms with Crippen LogP contribution < -0.4 is 4.72 Å². The van der Waals surface area contributed by atoms with Crippen LogP contribution >= 0.6 is 0 Å². The Kier molecular flexibility index (Phi) is 3.17. The third-order valence-corrected chi connectivity index (χ3v) is 4.65. The highest BCUT2D eigenvalue weighted by molar-refractivity contribution is 7.92. The van der Waals surface area contributed by atoms with Gasteiger partial charge in [-0.05, 0) is 29.8 Å². The number of anilines is 1. The summed E-state index contributed by atoms with van der Waals surface area (Å²) in [5.74, 6) is 0. The molecule has 0 saturated carbocycles. The zero-order valence-corrected chi connectivity index (χ0v) is 12.6. The molecule has 0 aliphatic carbocycles. The number of nitrogens with zero attached hydrogens (tertiary/aromatic N) is 2. The number of fused-ring (bicyclic) bond motifs is 1. The van der Waals surface area contributed by atoms with Crippen LogP contribution in [-0.4, -0.2) is 18.2 Å². The molecule has 1 aromatic heterocycles. The van der Waals surface area contributed by atoms with E-state index in [4.69, 9.17) is 0 Å². The first-order chi connectivity index (χ1) is 9.95. The third-order valence-electron chi connectivity index (χ3n) is 3.29. The summed E-state index contributed by atoms with van der Waals surface area (Å²) >= 11 is 0. The smallest absolute Gasteiger partial charge is 0.262 e. The molecule has 0 bridgehead atoms. The van der Waals surface area contributed by atoms with Gasteiger partial charge in [0.05, 0.1) is 16.3 Å². The van der Waals surface area contributed by atoms with Crippen molar-refractivity contribution < 1.29 is 8.42 Å². The third kappa shape index (κ3) is 2.62. The van der Waals surface area contributed by atoms with E-state index < -0.39 is 10.0 Å². The second-order valence-corrected chi connectivity index (χ2v) is 6.60. The maximum absolute atomic E-state index is 12.5. The van der Waals surface area contributed by atoms with Crippen LogP contribution in [0.25, 0.3) is 10.8 Å². The minimum absolute atomic E-state index is 0.240. The minimum Gasteiger partial charge on any atom is -0.276 e. The molecule has 0 aliphatic heterocycles. The van der Waals surface area contributed by atoms with Crippen molar-refractivity contribution in [3.8, 4) is 0 Å². The monoisotopic (exact) mass is 301 g/mol.